The van der Waals surface area contributed by atoms with Crippen LogP contribution in [0.15, 0.2) is 47.7 Å². The van der Waals surface area contributed by atoms with Crippen LogP contribution in [0, 0.1) is 0 Å². The van der Waals surface area contributed by atoms with Gasteiger partial charge in [-0.1, -0.05) is 41.9 Å². The van der Waals surface area contributed by atoms with Gasteiger partial charge in [0.1, 0.15) is 17.4 Å². The van der Waals surface area contributed by atoms with Gasteiger partial charge in [0.05, 0.1) is 13.5 Å². The summed E-state index contributed by atoms with van der Waals surface area (Å²) in [6.45, 7) is 1.60. The number of carbonyl (C=O) groups is 2. The molecule has 1 unspecified atom stereocenters. The van der Waals surface area contributed by atoms with Crippen molar-refractivity contribution in [3.8, 4) is 0 Å². The molecule has 0 spiro atoms. The van der Waals surface area contributed by atoms with Crippen LogP contribution in [-0.2, 0) is 19.1 Å². The van der Waals surface area contributed by atoms with Gasteiger partial charge < -0.3 is 9.47 Å². The number of benzene rings is 2. The molecule has 1 aliphatic rings. The summed E-state index contributed by atoms with van der Waals surface area (Å²) in [5.41, 5.74) is 0.819. The van der Waals surface area contributed by atoms with Crippen LogP contribution in [0.3, 0.4) is 0 Å². The quantitative estimate of drug-likeness (QED) is 0.617. The maximum atomic E-state index is 12.3. The van der Waals surface area contributed by atoms with Gasteiger partial charge in [-0.3, -0.25) is 4.79 Å². The average molecular weight is 331 g/mol. The summed E-state index contributed by atoms with van der Waals surface area (Å²) in [6, 6.07) is 11.4. The predicted octanol–water partition coefficient (Wildman–Crippen LogP) is 3.97. The minimum atomic E-state index is -0.665. The van der Waals surface area contributed by atoms with Gasteiger partial charge in [-0.2, -0.15) is 0 Å². The number of ether oxygens (including phenoxy) is 2. The van der Waals surface area contributed by atoms with Crippen molar-refractivity contribution in [2.45, 2.75) is 19.4 Å². The third-order valence-corrected chi connectivity index (χ3v) is 4.26. The Morgan fingerprint density at radius 3 is 2.61 bits per heavy atom. The summed E-state index contributed by atoms with van der Waals surface area (Å²) in [4.78, 5) is 24.0. The van der Waals surface area contributed by atoms with Crippen LogP contribution in [0.1, 0.15) is 25.0 Å². The molecule has 3 rings (SSSR count). The highest BCUT2D eigenvalue weighted by atomic mass is 35.5. The van der Waals surface area contributed by atoms with Gasteiger partial charge in [0.2, 0.25) is 0 Å². The lowest BCUT2D eigenvalue weighted by molar-refractivity contribution is -0.139. The van der Waals surface area contributed by atoms with E-state index in [1.54, 1.807) is 13.0 Å². The average Bonchev–Trinajstić information content (AvgIpc) is 2.53. The molecule has 5 heteroatoms. The van der Waals surface area contributed by atoms with Gasteiger partial charge in [-0.15, -0.1) is 0 Å². The Hall–Kier alpha value is -2.33. The molecular weight excluding hydrogens is 316 g/mol. The molecule has 0 aliphatic carbocycles. The van der Waals surface area contributed by atoms with E-state index in [9.17, 15) is 9.59 Å². The molecule has 0 N–H and O–H groups in total. The third kappa shape index (κ3) is 2.70. The van der Waals surface area contributed by atoms with Gasteiger partial charge in [-0.25, -0.2) is 4.79 Å². The van der Waals surface area contributed by atoms with Gasteiger partial charge >= 0.3 is 5.97 Å². The Morgan fingerprint density at radius 2 is 1.96 bits per heavy atom. The fourth-order valence-corrected chi connectivity index (χ4v) is 3.20. The summed E-state index contributed by atoms with van der Waals surface area (Å²) in [7, 11) is 1.24. The normalized spacial score (nSPS) is 18.0. The van der Waals surface area contributed by atoms with Crippen LogP contribution in [0.4, 0.5) is 0 Å². The van der Waals surface area contributed by atoms with E-state index >= 15 is 0 Å². The topological polar surface area (TPSA) is 52.6 Å². The van der Waals surface area contributed by atoms with E-state index in [-0.39, 0.29) is 23.5 Å². The molecule has 2 aromatic rings. The summed E-state index contributed by atoms with van der Waals surface area (Å²) in [6.07, 6.45) is -0.397. The molecule has 0 saturated carbocycles. The zero-order chi connectivity index (χ0) is 16.6. The molecule has 0 fully saturated rings. The number of rotatable bonds is 2. The van der Waals surface area contributed by atoms with E-state index in [4.69, 9.17) is 16.3 Å². The van der Waals surface area contributed by atoms with E-state index in [1.807, 2.05) is 30.3 Å². The van der Waals surface area contributed by atoms with Gasteiger partial charge in [0.25, 0.3) is 0 Å². The minimum Gasteiger partial charge on any atom is -0.489 e. The van der Waals surface area contributed by atoms with Crippen LogP contribution in [0.25, 0.3) is 10.8 Å². The minimum absolute atomic E-state index is 0.0184. The molecule has 1 atom stereocenters. The molecule has 4 nitrogen and oxygen atoms in total. The number of methoxy groups -OCH3 is 1. The Balaban J connectivity index is 2.07. The first kappa shape index (κ1) is 15.6. The first-order valence-corrected chi connectivity index (χ1v) is 7.57. The number of hydrogen-bond acceptors (Lipinski definition) is 4. The molecular formula is C18H15ClO4. The molecule has 0 aromatic heterocycles. The number of allylic oxidation sites excluding steroid dienone is 1. The fraction of sp³-hybridized carbons (Fsp3) is 0.222. The summed E-state index contributed by atoms with van der Waals surface area (Å²) in [5.74, 6) is -0.668. The van der Waals surface area contributed by atoms with Crippen molar-refractivity contribution in [2.24, 2.45) is 0 Å². The summed E-state index contributed by atoms with van der Waals surface area (Å²) < 4.78 is 10.5. The van der Waals surface area contributed by atoms with Crippen molar-refractivity contribution >= 4 is 34.1 Å². The highest BCUT2D eigenvalue weighted by Crippen LogP contribution is 2.38. The van der Waals surface area contributed by atoms with Crippen LogP contribution in [0.2, 0.25) is 5.02 Å². The molecule has 0 saturated heterocycles. The number of ketones is 1. The molecule has 1 heterocycles. The lowest BCUT2D eigenvalue weighted by atomic mass is 9.93. The highest BCUT2D eigenvalue weighted by molar-refractivity contribution is 6.35. The standard InChI is InChI=1S/C18H15ClO4/c1-10-16(18(21)22-2)14(20)9-15(23-10)12-7-3-5-11-6-4-8-13(19)17(11)12/h3-8,15H,9H2,1-2H3. The van der Waals surface area contributed by atoms with Gasteiger partial charge in [-0.05, 0) is 18.4 Å². The molecule has 1 aliphatic heterocycles. The molecule has 0 radical (unpaired) electrons. The van der Waals surface area contributed by atoms with Crippen molar-refractivity contribution in [3.63, 3.8) is 0 Å². The maximum absolute atomic E-state index is 12.3. The van der Waals surface area contributed by atoms with Crippen molar-refractivity contribution in [3.05, 3.63) is 58.3 Å². The van der Waals surface area contributed by atoms with Gasteiger partial charge in [0.15, 0.2) is 5.78 Å². The van der Waals surface area contributed by atoms with Crippen LogP contribution in [0.5, 0.6) is 0 Å². The van der Waals surface area contributed by atoms with Gasteiger partial charge in [0, 0.05) is 16.0 Å². The van der Waals surface area contributed by atoms with Crippen molar-refractivity contribution in [2.75, 3.05) is 7.11 Å². The second-order valence-electron chi connectivity index (χ2n) is 5.34. The Kier molecular flexibility index (Phi) is 4.09. The Morgan fingerprint density at radius 1 is 1.26 bits per heavy atom. The van der Waals surface area contributed by atoms with Crippen molar-refractivity contribution in [1.29, 1.82) is 0 Å². The zero-order valence-electron chi connectivity index (χ0n) is 12.8. The van der Waals surface area contributed by atoms with E-state index in [1.165, 1.54) is 7.11 Å². The second-order valence-corrected chi connectivity index (χ2v) is 5.75. The smallest absolute Gasteiger partial charge is 0.344 e. The molecule has 0 amide bonds. The SMILES string of the molecule is COC(=O)C1=C(C)OC(c2cccc3cccc(Cl)c23)CC1=O. The Bertz CT molecular complexity index is 833. The van der Waals surface area contributed by atoms with Crippen LogP contribution in [-0.4, -0.2) is 18.9 Å². The number of esters is 1. The molecule has 0 bridgehead atoms. The van der Waals surface area contributed by atoms with Crippen LogP contribution >= 0.6 is 11.6 Å². The third-order valence-electron chi connectivity index (χ3n) is 3.94. The Labute approximate surface area is 138 Å². The number of fused-ring (bicyclic) bond motifs is 1. The van der Waals surface area contributed by atoms with E-state index < -0.39 is 12.1 Å². The van der Waals surface area contributed by atoms with Crippen molar-refractivity contribution < 1.29 is 19.1 Å². The summed E-state index contributed by atoms with van der Waals surface area (Å²) in [5, 5.41) is 2.45. The number of halogens is 1. The fourth-order valence-electron chi connectivity index (χ4n) is 2.91. The largest absolute Gasteiger partial charge is 0.489 e. The number of carbonyl (C=O) groups excluding carboxylic acids is 2. The number of hydrogen-bond donors (Lipinski definition) is 0. The lowest BCUT2D eigenvalue weighted by Crippen LogP contribution is -2.25. The van der Waals surface area contributed by atoms with E-state index in [0.29, 0.717) is 5.02 Å². The first-order valence-electron chi connectivity index (χ1n) is 7.19. The lowest BCUT2D eigenvalue weighted by Gasteiger charge is -2.26. The molecule has 2 aromatic carbocycles. The predicted molar refractivity (Wildman–Crippen MR) is 87.1 cm³/mol. The number of Topliss-reactive ketones (excluding diaryl/α,β-unsaturated/α-hetero) is 1. The maximum Gasteiger partial charge on any atom is 0.344 e. The van der Waals surface area contributed by atoms with Crippen LogP contribution < -0.4 is 0 Å². The molecule has 118 valence electrons. The summed E-state index contributed by atoms with van der Waals surface area (Å²) >= 11 is 6.33. The second kappa shape index (κ2) is 6.05. The van der Waals surface area contributed by atoms with E-state index in [2.05, 4.69) is 4.74 Å². The highest BCUT2D eigenvalue weighted by Gasteiger charge is 2.33. The zero-order valence-corrected chi connectivity index (χ0v) is 13.5. The molecule has 23 heavy (non-hydrogen) atoms. The monoisotopic (exact) mass is 330 g/mol. The van der Waals surface area contributed by atoms with Crippen molar-refractivity contribution in [1.82, 2.24) is 0 Å². The van der Waals surface area contributed by atoms with E-state index in [0.717, 1.165) is 16.3 Å². The first-order chi connectivity index (χ1) is 11.0.